The van der Waals surface area contributed by atoms with Crippen molar-refractivity contribution < 1.29 is 18.5 Å². The van der Waals surface area contributed by atoms with Gasteiger partial charge in [-0.05, 0) is 32.9 Å². The number of nitrogens with zero attached hydrogens (tertiary/aromatic N) is 3. The maximum absolute atomic E-state index is 12.0. The molecule has 3 heterocycles. The van der Waals surface area contributed by atoms with Gasteiger partial charge in [0.15, 0.2) is 0 Å². The lowest BCUT2D eigenvalue weighted by molar-refractivity contribution is 0.0517. The van der Waals surface area contributed by atoms with Crippen molar-refractivity contribution in [1.29, 1.82) is 0 Å². The van der Waals surface area contributed by atoms with Gasteiger partial charge in [-0.15, -0.1) is 0 Å². The van der Waals surface area contributed by atoms with Gasteiger partial charge in [-0.25, -0.2) is 9.78 Å². The molecule has 0 atom stereocenters. The average molecular weight is 316 g/mol. The highest BCUT2D eigenvalue weighted by Gasteiger charge is 2.23. The molecule has 0 saturated carbocycles. The van der Waals surface area contributed by atoms with E-state index in [-0.39, 0.29) is 18.0 Å². The Labute approximate surface area is 131 Å². The molecule has 0 saturated heterocycles. The highest BCUT2D eigenvalue weighted by Crippen LogP contribution is 2.25. The van der Waals surface area contributed by atoms with Gasteiger partial charge in [0.2, 0.25) is 5.69 Å². The highest BCUT2D eigenvalue weighted by atomic mass is 16.5. The van der Waals surface area contributed by atoms with Gasteiger partial charge in [-0.1, -0.05) is 5.16 Å². The lowest BCUT2D eigenvalue weighted by Crippen LogP contribution is -2.08. The summed E-state index contributed by atoms with van der Waals surface area (Å²) in [6.07, 6.45) is 0. The highest BCUT2D eigenvalue weighted by molar-refractivity contribution is 6.04. The van der Waals surface area contributed by atoms with Crippen molar-refractivity contribution in [3.05, 3.63) is 35.2 Å². The van der Waals surface area contributed by atoms with Crippen LogP contribution < -0.4 is 5.32 Å². The van der Waals surface area contributed by atoms with Gasteiger partial charge in [0.1, 0.15) is 28.5 Å². The monoisotopic (exact) mass is 316 g/mol. The molecule has 120 valence electrons. The van der Waals surface area contributed by atoms with Crippen LogP contribution >= 0.6 is 0 Å². The summed E-state index contributed by atoms with van der Waals surface area (Å²) in [6.45, 7) is 5.98. The fourth-order valence-corrected chi connectivity index (χ4v) is 2.18. The van der Waals surface area contributed by atoms with E-state index in [0.29, 0.717) is 23.6 Å². The molecular weight excluding hydrogens is 300 g/mol. The fourth-order valence-electron chi connectivity index (χ4n) is 2.18. The quantitative estimate of drug-likeness (QED) is 0.716. The summed E-state index contributed by atoms with van der Waals surface area (Å²) in [6, 6.07) is 3.74. The maximum Gasteiger partial charge on any atom is 0.361 e. The third kappa shape index (κ3) is 3.01. The Hall–Kier alpha value is -2.90. The first kappa shape index (κ1) is 15.0. The Morgan fingerprint density at radius 1 is 1.30 bits per heavy atom. The molecule has 0 aromatic carbocycles. The minimum absolute atomic E-state index is 0.0555. The molecule has 8 nitrogen and oxygen atoms in total. The molecular formula is C15H16N4O4. The number of hydrogen-bond donors (Lipinski definition) is 1. The minimum Gasteiger partial charge on any atom is -0.465 e. The molecule has 0 aliphatic carbocycles. The van der Waals surface area contributed by atoms with Crippen LogP contribution in [0.3, 0.4) is 0 Å². The van der Waals surface area contributed by atoms with Crippen molar-refractivity contribution in [2.24, 2.45) is 0 Å². The van der Waals surface area contributed by atoms with Crippen LogP contribution in [-0.4, -0.2) is 27.7 Å². The van der Waals surface area contributed by atoms with E-state index in [4.69, 9.17) is 13.7 Å². The topological polar surface area (TPSA) is 103 Å². The summed E-state index contributed by atoms with van der Waals surface area (Å²) in [5.74, 6) is 1.95. The molecule has 3 rings (SSSR count). The number of anilines is 1. The largest absolute Gasteiger partial charge is 0.465 e. The van der Waals surface area contributed by atoms with E-state index in [1.807, 2.05) is 19.1 Å². The van der Waals surface area contributed by atoms with E-state index in [2.05, 4.69) is 20.4 Å². The van der Waals surface area contributed by atoms with E-state index in [1.54, 1.807) is 13.8 Å². The van der Waals surface area contributed by atoms with Crippen LogP contribution in [0.1, 0.15) is 34.8 Å². The molecule has 0 aliphatic heterocycles. The van der Waals surface area contributed by atoms with E-state index in [0.717, 1.165) is 11.5 Å². The van der Waals surface area contributed by atoms with Gasteiger partial charge in [-0.3, -0.25) is 0 Å². The third-order valence-electron chi connectivity index (χ3n) is 3.14. The zero-order valence-electron chi connectivity index (χ0n) is 13.0. The molecule has 23 heavy (non-hydrogen) atoms. The number of rotatable bonds is 5. The number of aryl methyl sites for hydroxylation is 2. The first-order valence-electron chi connectivity index (χ1n) is 7.18. The number of hydrogen-bond acceptors (Lipinski definition) is 8. The maximum atomic E-state index is 12.0. The van der Waals surface area contributed by atoms with Gasteiger partial charge in [0.25, 0.3) is 5.71 Å². The number of fused-ring (bicyclic) bond motifs is 1. The van der Waals surface area contributed by atoms with Crippen LogP contribution in [-0.2, 0) is 11.3 Å². The second-order valence-electron chi connectivity index (χ2n) is 4.92. The van der Waals surface area contributed by atoms with Crippen LogP contribution in [0.25, 0.3) is 11.1 Å². The van der Waals surface area contributed by atoms with E-state index in [1.165, 1.54) is 0 Å². The lowest BCUT2D eigenvalue weighted by Gasteiger charge is -2.06. The number of nitrogens with one attached hydrogen (secondary N) is 1. The van der Waals surface area contributed by atoms with Crippen molar-refractivity contribution >= 4 is 22.9 Å². The molecule has 0 bridgehead atoms. The standard InChI is InChI=1S/C15H16N4O4/c1-4-21-15(20)12-11-13(16-7-10-6-5-8(2)22-10)17-9(3)18-14(11)23-19-12/h5-6H,4,7H2,1-3H3,(H,16,17,18). The smallest absolute Gasteiger partial charge is 0.361 e. The van der Waals surface area contributed by atoms with Crippen molar-refractivity contribution in [1.82, 2.24) is 15.1 Å². The fraction of sp³-hybridized carbons (Fsp3) is 0.333. The molecule has 0 unspecified atom stereocenters. The molecule has 0 fully saturated rings. The normalized spacial score (nSPS) is 10.9. The molecule has 0 amide bonds. The van der Waals surface area contributed by atoms with E-state index < -0.39 is 5.97 Å². The number of furan rings is 1. The first-order valence-corrected chi connectivity index (χ1v) is 7.18. The van der Waals surface area contributed by atoms with E-state index >= 15 is 0 Å². The minimum atomic E-state index is -0.574. The van der Waals surface area contributed by atoms with Crippen LogP contribution in [0.4, 0.5) is 5.82 Å². The Kier molecular flexibility index (Phi) is 3.96. The lowest BCUT2D eigenvalue weighted by atomic mass is 10.2. The van der Waals surface area contributed by atoms with Gasteiger partial charge in [0.05, 0.1) is 13.2 Å². The van der Waals surface area contributed by atoms with E-state index in [9.17, 15) is 4.79 Å². The number of aromatic nitrogens is 3. The zero-order valence-corrected chi connectivity index (χ0v) is 13.0. The summed E-state index contributed by atoms with van der Waals surface area (Å²) in [4.78, 5) is 20.5. The summed E-state index contributed by atoms with van der Waals surface area (Å²) >= 11 is 0. The Bertz CT molecular complexity index is 852. The second-order valence-corrected chi connectivity index (χ2v) is 4.92. The molecule has 1 N–H and O–H groups in total. The van der Waals surface area contributed by atoms with Gasteiger partial charge < -0.3 is 19.0 Å². The van der Waals surface area contributed by atoms with Crippen molar-refractivity contribution in [3.8, 4) is 0 Å². The molecule has 8 heteroatoms. The average Bonchev–Trinajstić information content (AvgIpc) is 3.11. The van der Waals surface area contributed by atoms with Gasteiger partial charge in [-0.2, -0.15) is 4.98 Å². The predicted molar refractivity (Wildman–Crippen MR) is 81.1 cm³/mol. The third-order valence-corrected chi connectivity index (χ3v) is 3.14. The van der Waals surface area contributed by atoms with Gasteiger partial charge >= 0.3 is 5.97 Å². The van der Waals surface area contributed by atoms with Crippen molar-refractivity contribution in [2.75, 3.05) is 11.9 Å². The second kappa shape index (κ2) is 6.07. The summed E-state index contributed by atoms with van der Waals surface area (Å²) in [5.41, 5.74) is 0.290. The summed E-state index contributed by atoms with van der Waals surface area (Å²) in [7, 11) is 0. The summed E-state index contributed by atoms with van der Waals surface area (Å²) < 4.78 is 15.6. The molecule has 0 radical (unpaired) electrons. The van der Waals surface area contributed by atoms with Crippen molar-refractivity contribution in [2.45, 2.75) is 27.3 Å². The molecule has 3 aromatic rings. The Morgan fingerprint density at radius 3 is 2.83 bits per heavy atom. The van der Waals surface area contributed by atoms with Crippen molar-refractivity contribution in [3.63, 3.8) is 0 Å². The molecule has 0 aliphatic rings. The van der Waals surface area contributed by atoms with Crippen LogP contribution in [0.5, 0.6) is 0 Å². The SMILES string of the molecule is CCOC(=O)c1noc2nc(C)nc(NCc3ccc(C)o3)c12. The number of ether oxygens (including phenoxy) is 1. The first-order chi connectivity index (χ1) is 11.1. The number of carbonyl (C=O) groups is 1. The van der Waals surface area contributed by atoms with Crippen LogP contribution in [0, 0.1) is 13.8 Å². The number of esters is 1. The Morgan fingerprint density at radius 2 is 2.13 bits per heavy atom. The molecule has 0 spiro atoms. The van der Waals surface area contributed by atoms with Crippen LogP contribution in [0.15, 0.2) is 21.1 Å². The summed E-state index contributed by atoms with van der Waals surface area (Å²) in [5, 5.41) is 7.29. The zero-order chi connectivity index (χ0) is 16.4. The van der Waals surface area contributed by atoms with Gasteiger partial charge in [0, 0.05) is 0 Å². The number of carbonyl (C=O) groups excluding carboxylic acids is 1. The predicted octanol–water partition coefficient (Wildman–Crippen LogP) is 2.62. The van der Waals surface area contributed by atoms with Crippen LogP contribution in [0.2, 0.25) is 0 Å². The molecule has 3 aromatic heterocycles. The Balaban J connectivity index is 1.96.